The van der Waals surface area contributed by atoms with Crippen molar-refractivity contribution in [3.63, 3.8) is 0 Å². The molecule has 0 N–H and O–H groups in total. The van der Waals surface area contributed by atoms with Crippen LogP contribution in [0.4, 0.5) is 0 Å². The van der Waals surface area contributed by atoms with Crippen LogP contribution in [0.25, 0.3) is 0 Å². The molecule has 0 amide bonds. The maximum absolute atomic E-state index is 12.0. The Morgan fingerprint density at radius 3 is 2.11 bits per heavy atom. The standard InChI is InChI=1S/C15H20O4/c1-6-18-15(17)14(16)13-10(4)7-12(8-11(13)5)19-9(2)3/h7-9H,6H2,1-5H3. The lowest BCUT2D eigenvalue weighted by molar-refractivity contribution is -0.137. The Morgan fingerprint density at radius 2 is 1.68 bits per heavy atom. The highest BCUT2D eigenvalue weighted by Gasteiger charge is 2.22. The van der Waals surface area contributed by atoms with Crippen molar-refractivity contribution in [2.24, 2.45) is 0 Å². The molecule has 0 heterocycles. The highest BCUT2D eigenvalue weighted by Crippen LogP contribution is 2.23. The summed E-state index contributed by atoms with van der Waals surface area (Å²) < 4.78 is 10.3. The molecular formula is C15H20O4. The molecule has 0 saturated heterocycles. The number of carbonyl (C=O) groups excluding carboxylic acids is 2. The Labute approximate surface area is 113 Å². The maximum Gasteiger partial charge on any atom is 0.379 e. The molecule has 19 heavy (non-hydrogen) atoms. The predicted molar refractivity (Wildman–Crippen MR) is 72.6 cm³/mol. The summed E-state index contributed by atoms with van der Waals surface area (Å²) in [5.41, 5.74) is 1.83. The lowest BCUT2D eigenvalue weighted by atomic mass is 9.98. The summed E-state index contributed by atoms with van der Waals surface area (Å²) in [6, 6.07) is 3.53. The minimum absolute atomic E-state index is 0.0606. The lowest BCUT2D eigenvalue weighted by Gasteiger charge is -2.14. The van der Waals surface area contributed by atoms with Crippen LogP contribution in [0.15, 0.2) is 12.1 Å². The van der Waals surface area contributed by atoms with Gasteiger partial charge in [0.15, 0.2) is 0 Å². The van der Waals surface area contributed by atoms with Crippen LogP contribution in [0.2, 0.25) is 0 Å². The van der Waals surface area contributed by atoms with Crippen molar-refractivity contribution in [3.05, 3.63) is 28.8 Å². The number of ether oxygens (including phenoxy) is 2. The van der Waals surface area contributed by atoms with E-state index in [0.717, 1.165) is 0 Å². The van der Waals surface area contributed by atoms with Crippen LogP contribution in [0.3, 0.4) is 0 Å². The molecule has 0 aliphatic heterocycles. The molecule has 1 aromatic carbocycles. The Hall–Kier alpha value is -1.84. The Balaban J connectivity index is 3.10. The summed E-state index contributed by atoms with van der Waals surface area (Å²) in [7, 11) is 0. The third kappa shape index (κ3) is 3.81. The van der Waals surface area contributed by atoms with Gasteiger partial charge in [-0.15, -0.1) is 0 Å². The number of hydrogen-bond donors (Lipinski definition) is 0. The molecule has 0 aliphatic rings. The largest absolute Gasteiger partial charge is 0.491 e. The predicted octanol–water partition coefficient (Wildman–Crippen LogP) is 2.84. The molecule has 0 unspecified atom stereocenters. The summed E-state index contributed by atoms with van der Waals surface area (Å²) in [6.07, 6.45) is 0.0606. The van der Waals surface area contributed by atoms with Crippen LogP contribution in [0, 0.1) is 13.8 Å². The second kappa shape index (κ2) is 6.36. The zero-order valence-electron chi connectivity index (χ0n) is 12.1. The number of aryl methyl sites for hydroxylation is 2. The van der Waals surface area contributed by atoms with Gasteiger partial charge in [-0.05, 0) is 57.9 Å². The molecule has 1 aromatic rings. The average Bonchev–Trinajstić information content (AvgIpc) is 2.27. The number of carbonyl (C=O) groups is 2. The number of rotatable bonds is 5. The van der Waals surface area contributed by atoms with Crippen LogP contribution in [0.1, 0.15) is 42.3 Å². The zero-order valence-corrected chi connectivity index (χ0v) is 12.1. The van der Waals surface area contributed by atoms with E-state index in [-0.39, 0.29) is 12.7 Å². The van der Waals surface area contributed by atoms with Crippen molar-refractivity contribution < 1.29 is 19.1 Å². The van der Waals surface area contributed by atoms with Gasteiger partial charge in [-0.2, -0.15) is 0 Å². The van der Waals surface area contributed by atoms with Gasteiger partial charge in [0.1, 0.15) is 5.75 Å². The van der Waals surface area contributed by atoms with Gasteiger partial charge in [-0.25, -0.2) is 4.79 Å². The van der Waals surface area contributed by atoms with Crippen LogP contribution in [-0.2, 0) is 9.53 Å². The molecular weight excluding hydrogens is 244 g/mol. The fraction of sp³-hybridized carbons (Fsp3) is 0.467. The van der Waals surface area contributed by atoms with Gasteiger partial charge >= 0.3 is 5.97 Å². The molecule has 0 radical (unpaired) electrons. The first kappa shape index (κ1) is 15.2. The van der Waals surface area contributed by atoms with Gasteiger partial charge in [0, 0.05) is 5.56 Å². The second-order valence-electron chi connectivity index (χ2n) is 4.65. The van der Waals surface area contributed by atoms with Gasteiger partial charge in [0.2, 0.25) is 0 Å². The molecule has 0 spiro atoms. The minimum Gasteiger partial charge on any atom is -0.491 e. The zero-order chi connectivity index (χ0) is 14.6. The summed E-state index contributed by atoms with van der Waals surface area (Å²) in [5.74, 6) is -0.718. The van der Waals surface area contributed by atoms with Crippen LogP contribution >= 0.6 is 0 Å². The molecule has 0 aliphatic carbocycles. The van der Waals surface area contributed by atoms with Crippen molar-refractivity contribution in [2.45, 2.75) is 40.7 Å². The summed E-state index contributed by atoms with van der Waals surface area (Å²) in [4.78, 5) is 23.5. The molecule has 4 heteroatoms. The average molecular weight is 264 g/mol. The maximum atomic E-state index is 12.0. The molecule has 4 nitrogen and oxygen atoms in total. The van der Waals surface area contributed by atoms with E-state index in [1.807, 2.05) is 13.8 Å². The third-order valence-electron chi connectivity index (χ3n) is 2.57. The molecule has 104 valence electrons. The van der Waals surface area contributed by atoms with Crippen molar-refractivity contribution >= 4 is 11.8 Å². The number of Topliss-reactive ketones (excluding diaryl/α,β-unsaturated/α-hetero) is 1. The lowest BCUT2D eigenvalue weighted by Crippen LogP contribution is -2.20. The number of esters is 1. The fourth-order valence-corrected chi connectivity index (χ4v) is 1.92. The van der Waals surface area contributed by atoms with E-state index in [2.05, 4.69) is 0 Å². The minimum atomic E-state index is -0.814. The molecule has 0 bridgehead atoms. The van der Waals surface area contributed by atoms with Crippen LogP contribution < -0.4 is 4.74 Å². The van der Waals surface area contributed by atoms with Crippen LogP contribution in [-0.4, -0.2) is 24.5 Å². The summed E-state index contributed by atoms with van der Waals surface area (Å²) >= 11 is 0. The van der Waals surface area contributed by atoms with Gasteiger partial charge in [-0.1, -0.05) is 0 Å². The summed E-state index contributed by atoms with van der Waals surface area (Å²) in [5, 5.41) is 0. The highest BCUT2D eigenvalue weighted by atomic mass is 16.5. The second-order valence-corrected chi connectivity index (χ2v) is 4.65. The number of benzene rings is 1. The topological polar surface area (TPSA) is 52.6 Å². The Morgan fingerprint density at radius 1 is 1.16 bits per heavy atom. The third-order valence-corrected chi connectivity index (χ3v) is 2.57. The first-order valence-electron chi connectivity index (χ1n) is 6.36. The van der Waals surface area contributed by atoms with Gasteiger partial charge in [0.25, 0.3) is 5.78 Å². The Bertz CT molecular complexity index is 466. The van der Waals surface area contributed by atoms with E-state index in [1.54, 1.807) is 32.9 Å². The van der Waals surface area contributed by atoms with E-state index in [9.17, 15) is 9.59 Å². The molecule has 0 aromatic heterocycles. The van der Waals surface area contributed by atoms with Crippen molar-refractivity contribution in [2.75, 3.05) is 6.61 Å². The van der Waals surface area contributed by atoms with E-state index in [4.69, 9.17) is 9.47 Å². The van der Waals surface area contributed by atoms with Crippen molar-refractivity contribution in [1.82, 2.24) is 0 Å². The molecule has 0 atom stereocenters. The monoisotopic (exact) mass is 264 g/mol. The van der Waals surface area contributed by atoms with Gasteiger partial charge in [-0.3, -0.25) is 4.79 Å². The SMILES string of the molecule is CCOC(=O)C(=O)c1c(C)cc(OC(C)C)cc1C. The highest BCUT2D eigenvalue weighted by molar-refractivity contribution is 6.41. The Kier molecular flexibility index (Phi) is 5.10. The van der Waals surface area contributed by atoms with E-state index < -0.39 is 11.8 Å². The van der Waals surface area contributed by atoms with Crippen LogP contribution in [0.5, 0.6) is 5.75 Å². The summed E-state index contributed by atoms with van der Waals surface area (Å²) in [6.45, 7) is 9.30. The molecule has 1 rings (SSSR count). The quantitative estimate of drug-likeness (QED) is 0.466. The van der Waals surface area contributed by atoms with E-state index in [1.165, 1.54) is 0 Å². The van der Waals surface area contributed by atoms with Gasteiger partial charge < -0.3 is 9.47 Å². The van der Waals surface area contributed by atoms with Crippen molar-refractivity contribution in [1.29, 1.82) is 0 Å². The van der Waals surface area contributed by atoms with Crippen molar-refractivity contribution in [3.8, 4) is 5.75 Å². The smallest absolute Gasteiger partial charge is 0.379 e. The molecule has 0 saturated carbocycles. The van der Waals surface area contributed by atoms with E-state index in [0.29, 0.717) is 22.4 Å². The first-order chi connectivity index (χ1) is 8.86. The number of hydrogen-bond acceptors (Lipinski definition) is 4. The number of ketones is 1. The normalized spacial score (nSPS) is 10.4. The van der Waals surface area contributed by atoms with E-state index >= 15 is 0 Å². The van der Waals surface area contributed by atoms with Gasteiger partial charge in [0.05, 0.1) is 12.7 Å². The first-order valence-corrected chi connectivity index (χ1v) is 6.36. The fourth-order valence-electron chi connectivity index (χ4n) is 1.92. The molecule has 0 fully saturated rings.